The number of hydrogen-bond donors (Lipinski definition) is 1. The van der Waals surface area contributed by atoms with Gasteiger partial charge in [-0.05, 0) is 31.7 Å². The molecular weight excluding hydrogens is 174 g/mol. The minimum Gasteiger partial charge on any atom is -0.313 e. The molecule has 0 bridgehead atoms. The third-order valence-electron chi connectivity index (χ3n) is 2.99. The van der Waals surface area contributed by atoms with Gasteiger partial charge in [-0.3, -0.25) is 0 Å². The molecule has 0 unspecified atom stereocenters. The van der Waals surface area contributed by atoms with Crippen molar-refractivity contribution in [3.63, 3.8) is 0 Å². The molecule has 3 nitrogen and oxygen atoms in total. The van der Waals surface area contributed by atoms with Crippen LogP contribution < -0.4 is 5.73 Å². The summed E-state index contributed by atoms with van der Waals surface area (Å²) in [4.78, 5) is 2.42. The minimum absolute atomic E-state index is 0.547. The molecule has 0 spiro atoms. The van der Waals surface area contributed by atoms with E-state index in [9.17, 15) is 0 Å². The van der Waals surface area contributed by atoms with Crippen LogP contribution in [-0.4, -0.2) is 30.1 Å². The third-order valence-corrected chi connectivity index (χ3v) is 2.99. The van der Waals surface area contributed by atoms with Gasteiger partial charge in [-0.1, -0.05) is 13.8 Å². The Morgan fingerprint density at radius 3 is 2.43 bits per heavy atom. The molecule has 2 N–H and O–H groups in total. The number of nitrogens with two attached hydrogens (primary N) is 1. The fourth-order valence-corrected chi connectivity index (χ4v) is 1.73. The van der Waals surface area contributed by atoms with Crippen LogP contribution in [0.25, 0.3) is 0 Å². The van der Waals surface area contributed by atoms with Gasteiger partial charge < -0.3 is 10.6 Å². The van der Waals surface area contributed by atoms with Gasteiger partial charge in [0, 0.05) is 13.1 Å². The Hall–Kier alpha value is -0.590. The van der Waals surface area contributed by atoms with Gasteiger partial charge in [-0.2, -0.15) is 5.26 Å². The summed E-state index contributed by atoms with van der Waals surface area (Å²) in [5.74, 6) is 0.760. The van der Waals surface area contributed by atoms with Crippen LogP contribution in [0, 0.1) is 17.2 Å². The van der Waals surface area contributed by atoms with Crippen molar-refractivity contribution in [3.05, 3.63) is 0 Å². The molecule has 3 heteroatoms. The molecule has 0 aromatic carbocycles. The van der Waals surface area contributed by atoms with Gasteiger partial charge in [0.05, 0.1) is 6.07 Å². The second-order valence-corrected chi connectivity index (χ2v) is 4.79. The average molecular weight is 195 g/mol. The molecular formula is C11H21N3. The Balaban J connectivity index is 2.26. The zero-order chi connectivity index (χ0) is 10.6. The van der Waals surface area contributed by atoms with Crippen LogP contribution in [0.15, 0.2) is 0 Å². The third kappa shape index (κ3) is 3.28. The summed E-state index contributed by atoms with van der Waals surface area (Å²) < 4.78 is 0. The van der Waals surface area contributed by atoms with Gasteiger partial charge in [0.25, 0.3) is 0 Å². The lowest BCUT2D eigenvalue weighted by molar-refractivity contribution is 0.180. The Bertz CT molecular complexity index is 209. The molecule has 1 aliphatic rings. The van der Waals surface area contributed by atoms with E-state index in [0.717, 1.165) is 38.4 Å². The SMILES string of the molecule is CC(C)CCN1CCC(N)(C#N)CC1. The molecule has 1 rings (SSSR count). The molecule has 0 aliphatic carbocycles. The van der Waals surface area contributed by atoms with Crippen LogP contribution in [0.3, 0.4) is 0 Å². The van der Waals surface area contributed by atoms with Crippen molar-refractivity contribution in [2.75, 3.05) is 19.6 Å². The molecule has 1 fully saturated rings. The summed E-state index contributed by atoms with van der Waals surface area (Å²) >= 11 is 0. The molecule has 14 heavy (non-hydrogen) atoms. The van der Waals surface area contributed by atoms with Gasteiger partial charge in [0.15, 0.2) is 0 Å². The molecule has 0 aromatic rings. The van der Waals surface area contributed by atoms with Crippen LogP contribution >= 0.6 is 0 Å². The van der Waals surface area contributed by atoms with E-state index in [-0.39, 0.29) is 0 Å². The van der Waals surface area contributed by atoms with Crippen molar-refractivity contribution >= 4 is 0 Å². The summed E-state index contributed by atoms with van der Waals surface area (Å²) in [6, 6.07) is 2.22. The van der Waals surface area contributed by atoms with Crippen molar-refractivity contribution in [2.24, 2.45) is 11.7 Å². The predicted octanol–water partition coefficient (Wildman–Crippen LogP) is 1.35. The van der Waals surface area contributed by atoms with Crippen LogP contribution in [0.1, 0.15) is 33.1 Å². The normalized spacial score (nSPS) is 22.2. The van der Waals surface area contributed by atoms with Crippen molar-refractivity contribution in [3.8, 4) is 6.07 Å². The van der Waals surface area contributed by atoms with Crippen LogP contribution in [0.4, 0.5) is 0 Å². The standard InChI is InChI=1S/C11H21N3/c1-10(2)3-6-14-7-4-11(13,9-12)5-8-14/h10H,3-8,13H2,1-2H3. The van der Waals surface area contributed by atoms with Crippen LogP contribution in [-0.2, 0) is 0 Å². The summed E-state index contributed by atoms with van der Waals surface area (Å²) in [5.41, 5.74) is 5.34. The van der Waals surface area contributed by atoms with E-state index in [2.05, 4.69) is 24.8 Å². The van der Waals surface area contributed by atoms with Gasteiger partial charge in [-0.25, -0.2) is 0 Å². The number of nitriles is 1. The Morgan fingerprint density at radius 1 is 1.43 bits per heavy atom. The lowest BCUT2D eigenvalue weighted by atomic mass is 9.90. The first-order valence-electron chi connectivity index (χ1n) is 5.48. The first-order chi connectivity index (χ1) is 6.56. The summed E-state index contributed by atoms with van der Waals surface area (Å²) in [6.07, 6.45) is 2.88. The quantitative estimate of drug-likeness (QED) is 0.739. The maximum atomic E-state index is 8.86. The molecule has 0 radical (unpaired) electrons. The zero-order valence-corrected chi connectivity index (χ0v) is 9.29. The number of hydrogen-bond acceptors (Lipinski definition) is 3. The number of piperidine rings is 1. The lowest BCUT2D eigenvalue weighted by Gasteiger charge is -2.34. The Kier molecular flexibility index (Phi) is 3.91. The highest BCUT2D eigenvalue weighted by Gasteiger charge is 2.30. The van der Waals surface area contributed by atoms with Gasteiger partial charge >= 0.3 is 0 Å². The monoisotopic (exact) mass is 195 g/mol. The predicted molar refractivity (Wildman–Crippen MR) is 57.7 cm³/mol. The largest absolute Gasteiger partial charge is 0.313 e. The zero-order valence-electron chi connectivity index (χ0n) is 9.29. The van der Waals surface area contributed by atoms with Crippen molar-refractivity contribution in [2.45, 2.75) is 38.6 Å². The molecule has 0 saturated carbocycles. The molecule has 80 valence electrons. The maximum absolute atomic E-state index is 8.86. The first kappa shape index (κ1) is 11.5. The summed E-state index contributed by atoms with van der Waals surface area (Å²) in [7, 11) is 0. The highest BCUT2D eigenvalue weighted by atomic mass is 15.1. The fourth-order valence-electron chi connectivity index (χ4n) is 1.73. The summed E-state index contributed by atoms with van der Waals surface area (Å²) in [6.45, 7) is 7.60. The smallest absolute Gasteiger partial charge is 0.106 e. The Morgan fingerprint density at radius 2 is 2.00 bits per heavy atom. The highest BCUT2D eigenvalue weighted by molar-refractivity contribution is 5.07. The minimum atomic E-state index is -0.547. The van der Waals surface area contributed by atoms with E-state index in [1.807, 2.05) is 0 Å². The van der Waals surface area contributed by atoms with E-state index >= 15 is 0 Å². The van der Waals surface area contributed by atoms with E-state index in [4.69, 9.17) is 11.0 Å². The average Bonchev–Trinajstić information content (AvgIpc) is 2.17. The van der Waals surface area contributed by atoms with E-state index in [0.29, 0.717) is 0 Å². The van der Waals surface area contributed by atoms with Gasteiger partial charge in [-0.15, -0.1) is 0 Å². The van der Waals surface area contributed by atoms with Gasteiger partial charge in [0.2, 0.25) is 0 Å². The second-order valence-electron chi connectivity index (χ2n) is 4.79. The Labute approximate surface area is 86.9 Å². The van der Waals surface area contributed by atoms with Crippen molar-refractivity contribution in [1.29, 1.82) is 5.26 Å². The van der Waals surface area contributed by atoms with Gasteiger partial charge in [0.1, 0.15) is 5.54 Å². The second kappa shape index (κ2) is 4.77. The molecule has 1 aliphatic heterocycles. The summed E-state index contributed by atoms with van der Waals surface area (Å²) in [5, 5.41) is 8.86. The van der Waals surface area contributed by atoms with E-state index < -0.39 is 5.54 Å². The lowest BCUT2D eigenvalue weighted by Crippen LogP contribution is -2.49. The maximum Gasteiger partial charge on any atom is 0.106 e. The molecule has 0 aromatic heterocycles. The topological polar surface area (TPSA) is 53.0 Å². The number of rotatable bonds is 3. The molecule has 0 amide bonds. The fraction of sp³-hybridized carbons (Fsp3) is 0.909. The van der Waals surface area contributed by atoms with Crippen molar-refractivity contribution in [1.82, 2.24) is 4.90 Å². The molecule has 1 heterocycles. The number of nitrogens with zero attached hydrogens (tertiary/aromatic N) is 2. The van der Waals surface area contributed by atoms with Crippen molar-refractivity contribution < 1.29 is 0 Å². The molecule has 0 atom stereocenters. The number of likely N-dealkylation sites (tertiary alicyclic amines) is 1. The molecule has 1 saturated heterocycles. The highest BCUT2D eigenvalue weighted by Crippen LogP contribution is 2.19. The first-order valence-corrected chi connectivity index (χ1v) is 5.48. The van der Waals surface area contributed by atoms with Crippen LogP contribution in [0.5, 0.6) is 0 Å². The van der Waals surface area contributed by atoms with E-state index in [1.165, 1.54) is 6.42 Å². The van der Waals surface area contributed by atoms with E-state index in [1.54, 1.807) is 0 Å². The van der Waals surface area contributed by atoms with Crippen LogP contribution in [0.2, 0.25) is 0 Å².